The molecule has 27 heavy (non-hydrogen) atoms. The van der Waals surface area contributed by atoms with E-state index in [-0.39, 0.29) is 17.0 Å². The molecule has 0 spiro atoms. The van der Waals surface area contributed by atoms with Crippen LogP contribution in [0.5, 0.6) is 0 Å². The zero-order valence-electron chi connectivity index (χ0n) is 15.4. The van der Waals surface area contributed by atoms with Gasteiger partial charge in [-0.2, -0.15) is 0 Å². The van der Waals surface area contributed by atoms with E-state index in [2.05, 4.69) is 13.8 Å². The fourth-order valence-electron chi connectivity index (χ4n) is 4.09. The summed E-state index contributed by atoms with van der Waals surface area (Å²) in [6, 6.07) is 16.4. The van der Waals surface area contributed by atoms with E-state index in [4.69, 9.17) is 16.3 Å². The maximum absolute atomic E-state index is 13.2. The van der Waals surface area contributed by atoms with Gasteiger partial charge >= 0.3 is 0 Å². The molecule has 2 aliphatic rings. The minimum absolute atomic E-state index is 0.0737. The smallest absolute Gasteiger partial charge is 0.204 e. The maximum Gasteiger partial charge on any atom is 0.204 e. The average Bonchev–Trinajstić information content (AvgIpc) is 3.00. The van der Waals surface area contributed by atoms with Gasteiger partial charge < -0.3 is 4.74 Å². The zero-order chi connectivity index (χ0) is 19.2. The summed E-state index contributed by atoms with van der Waals surface area (Å²) in [7, 11) is 0. The fraction of sp³-hybridized carbons (Fsp3) is 0.304. The standard InChI is InChI=1S/C23H21ClO3/c1-23(2)12-17(25)20-18(13-23)27-22(21(26)15-6-4-3-5-7-15)19(20)14-8-10-16(24)11-9-14/h3-11,19,22H,12-13H2,1-2H3/t19-,22-/m0/s1. The molecule has 0 N–H and O–H groups in total. The molecule has 138 valence electrons. The molecule has 0 radical (unpaired) electrons. The molecule has 4 rings (SSSR count). The summed E-state index contributed by atoms with van der Waals surface area (Å²) in [5.41, 5.74) is 1.97. The van der Waals surface area contributed by atoms with Crippen molar-refractivity contribution >= 4 is 23.2 Å². The van der Waals surface area contributed by atoms with E-state index < -0.39 is 12.0 Å². The van der Waals surface area contributed by atoms with E-state index in [1.807, 2.05) is 30.3 Å². The second-order valence-electron chi connectivity index (χ2n) is 8.08. The van der Waals surface area contributed by atoms with Crippen LogP contribution in [0.2, 0.25) is 5.02 Å². The molecular formula is C23H21ClO3. The predicted molar refractivity (Wildman–Crippen MR) is 105 cm³/mol. The van der Waals surface area contributed by atoms with Gasteiger partial charge in [-0.15, -0.1) is 0 Å². The summed E-state index contributed by atoms with van der Waals surface area (Å²) >= 11 is 6.04. The molecule has 0 unspecified atom stereocenters. The number of hydrogen-bond donors (Lipinski definition) is 0. The maximum atomic E-state index is 13.2. The second kappa shape index (κ2) is 6.65. The number of allylic oxidation sites excluding steroid dienone is 1. The van der Waals surface area contributed by atoms with Crippen molar-refractivity contribution < 1.29 is 14.3 Å². The molecule has 0 amide bonds. The monoisotopic (exact) mass is 380 g/mol. The number of halogens is 1. The molecule has 1 aliphatic heterocycles. The van der Waals surface area contributed by atoms with E-state index in [1.165, 1.54) is 0 Å². The quantitative estimate of drug-likeness (QED) is 0.674. The summed E-state index contributed by atoms with van der Waals surface area (Å²) in [6.07, 6.45) is 0.402. The van der Waals surface area contributed by atoms with E-state index in [9.17, 15) is 9.59 Å². The highest BCUT2D eigenvalue weighted by atomic mass is 35.5. The van der Waals surface area contributed by atoms with Gasteiger partial charge in [0.15, 0.2) is 11.9 Å². The van der Waals surface area contributed by atoms with Crippen molar-refractivity contribution in [1.29, 1.82) is 0 Å². The molecule has 1 aliphatic carbocycles. The number of rotatable bonds is 3. The van der Waals surface area contributed by atoms with E-state index in [1.54, 1.807) is 24.3 Å². The van der Waals surface area contributed by atoms with Crippen LogP contribution in [0, 0.1) is 5.41 Å². The lowest BCUT2D eigenvalue weighted by atomic mass is 9.72. The van der Waals surface area contributed by atoms with E-state index >= 15 is 0 Å². The molecule has 2 atom stereocenters. The van der Waals surface area contributed by atoms with Gasteiger partial charge in [-0.1, -0.05) is 67.9 Å². The number of ketones is 2. The van der Waals surface area contributed by atoms with Crippen LogP contribution >= 0.6 is 11.6 Å². The summed E-state index contributed by atoms with van der Waals surface area (Å²) < 4.78 is 6.16. The Morgan fingerprint density at radius 3 is 2.37 bits per heavy atom. The van der Waals surface area contributed by atoms with Gasteiger partial charge in [-0.3, -0.25) is 9.59 Å². The van der Waals surface area contributed by atoms with Gasteiger partial charge in [0.2, 0.25) is 5.78 Å². The summed E-state index contributed by atoms with van der Waals surface area (Å²) in [5.74, 6) is 0.249. The van der Waals surface area contributed by atoms with Crippen molar-refractivity contribution in [3.63, 3.8) is 0 Å². The fourth-order valence-corrected chi connectivity index (χ4v) is 4.21. The minimum Gasteiger partial charge on any atom is -0.485 e. The van der Waals surface area contributed by atoms with Crippen molar-refractivity contribution in [1.82, 2.24) is 0 Å². The lowest BCUT2D eigenvalue weighted by molar-refractivity contribution is -0.118. The first-order chi connectivity index (χ1) is 12.9. The first-order valence-corrected chi connectivity index (χ1v) is 9.51. The molecule has 3 nitrogen and oxygen atoms in total. The largest absolute Gasteiger partial charge is 0.485 e. The van der Waals surface area contributed by atoms with E-state index in [0.717, 1.165) is 5.56 Å². The zero-order valence-corrected chi connectivity index (χ0v) is 16.1. The highest BCUT2D eigenvalue weighted by Gasteiger charge is 2.48. The van der Waals surface area contributed by atoms with Crippen molar-refractivity contribution in [2.75, 3.05) is 0 Å². The summed E-state index contributed by atoms with van der Waals surface area (Å²) in [5, 5.41) is 0.619. The number of benzene rings is 2. The van der Waals surface area contributed by atoms with Crippen LogP contribution in [0.3, 0.4) is 0 Å². The van der Waals surface area contributed by atoms with Crippen molar-refractivity contribution in [3.05, 3.63) is 82.1 Å². The Balaban J connectivity index is 1.79. The van der Waals surface area contributed by atoms with Gasteiger partial charge in [0.25, 0.3) is 0 Å². The Labute approximate surface area is 164 Å². The lowest BCUT2D eigenvalue weighted by Gasteiger charge is -2.29. The SMILES string of the molecule is CC1(C)CC(=O)C2=C(C1)O[C@H](C(=O)c1ccccc1)[C@H]2c1ccc(Cl)cc1. The number of carbonyl (C=O) groups is 2. The van der Waals surface area contributed by atoms with Crippen molar-refractivity contribution in [2.24, 2.45) is 5.41 Å². The van der Waals surface area contributed by atoms with E-state index in [0.29, 0.717) is 34.8 Å². The Hall–Kier alpha value is -2.39. The molecular weight excluding hydrogens is 360 g/mol. The number of hydrogen-bond acceptors (Lipinski definition) is 3. The van der Waals surface area contributed by atoms with Gasteiger partial charge in [0.05, 0.1) is 5.92 Å². The lowest BCUT2D eigenvalue weighted by Crippen LogP contribution is -2.29. The molecule has 2 aromatic carbocycles. The van der Waals surface area contributed by atoms with Crippen LogP contribution in [0.25, 0.3) is 0 Å². The Morgan fingerprint density at radius 1 is 1.04 bits per heavy atom. The van der Waals surface area contributed by atoms with Gasteiger partial charge in [-0.05, 0) is 23.1 Å². The van der Waals surface area contributed by atoms with Crippen LogP contribution in [0.1, 0.15) is 48.5 Å². The van der Waals surface area contributed by atoms with Crippen molar-refractivity contribution in [3.8, 4) is 0 Å². The molecule has 0 fully saturated rings. The van der Waals surface area contributed by atoms with Crippen LogP contribution < -0.4 is 0 Å². The third-order valence-electron chi connectivity index (χ3n) is 5.31. The van der Waals surface area contributed by atoms with Crippen LogP contribution in [-0.2, 0) is 9.53 Å². The van der Waals surface area contributed by atoms with Gasteiger partial charge in [-0.25, -0.2) is 0 Å². The predicted octanol–water partition coefficient (Wildman–Crippen LogP) is 5.35. The Kier molecular flexibility index (Phi) is 4.43. The van der Waals surface area contributed by atoms with Crippen LogP contribution in [-0.4, -0.2) is 17.7 Å². The first-order valence-electron chi connectivity index (χ1n) is 9.13. The minimum atomic E-state index is -0.726. The summed E-state index contributed by atoms with van der Waals surface area (Å²) in [4.78, 5) is 26.2. The highest BCUT2D eigenvalue weighted by molar-refractivity contribution is 6.30. The molecule has 2 aromatic rings. The first kappa shape index (κ1) is 18.0. The number of Topliss-reactive ketones (excluding diaryl/α,β-unsaturated/α-hetero) is 2. The van der Waals surface area contributed by atoms with Crippen LogP contribution in [0.15, 0.2) is 65.9 Å². The molecule has 1 heterocycles. The van der Waals surface area contributed by atoms with Crippen molar-refractivity contribution in [2.45, 2.75) is 38.7 Å². The second-order valence-corrected chi connectivity index (χ2v) is 8.51. The van der Waals surface area contributed by atoms with Gasteiger partial charge in [0, 0.05) is 29.0 Å². The summed E-state index contributed by atoms with van der Waals surface area (Å²) in [6.45, 7) is 4.11. The third kappa shape index (κ3) is 3.32. The molecule has 0 bridgehead atoms. The highest BCUT2D eigenvalue weighted by Crippen LogP contribution is 2.49. The normalized spacial score (nSPS) is 23.7. The molecule has 0 saturated heterocycles. The molecule has 4 heteroatoms. The molecule has 0 aromatic heterocycles. The topological polar surface area (TPSA) is 43.4 Å². The van der Waals surface area contributed by atoms with Crippen LogP contribution in [0.4, 0.5) is 0 Å². The molecule has 0 saturated carbocycles. The third-order valence-corrected chi connectivity index (χ3v) is 5.56. The Morgan fingerprint density at radius 2 is 1.70 bits per heavy atom. The number of carbonyl (C=O) groups excluding carboxylic acids is 2. The number of ether oxygens (including phenoxy) is 1. The average molecular weight is 381 g/mol. The Bertz CT molecular complexity index is 926. The van der Waals surface area contributed by atoms with Gasteiger partial charge in [0.1, 0.15) is 5.76 Å².